The van der Waals surface area contributed by atoms with Gasteiger partial charge in [0.1, 0.15) is 5.82 Å². The van der Waals surface area contributed by atoms with Crippen molar-refractivity contribution in [1.82, 2.24) is 19.8 Å². The molecule has 2 aromatic heterocycles. The summed E-state index contributed by atoms with van der Waals surface area (Å²) < 4.78 is 6.98. The minimum atomic E-state index is -0.130. The monoisotopic (exact) mass is 289 g/mol. The van der Waals surface area contributed by atoms with Crippen LogP contribution in [0, 0.1) is 13.8 Å². The molecule has 0 saturated carbocycles. The van der Waals surface area contributed by atoms with Gasteiger partial charge in [-0.15, -0.1) is 0 Å². The number of likely N-dealkylation sites (tertiary alicyclic amines) is 1. The van der Waals surface area contributed by atoms with Crippen molar-refractivity contribution in [3.8, 4) is 0 Å². The number of amides is 2. The molecular weight excluding hydrogens is 270 g/mol. The lowest BCUT2D eigenvalue weighted by Crippen LogP contribution is -2.34. The quantitative estimate of drug-likeness (QED) is 0.921. The van der Waals surface area contributed by atoms with Gasteiger partial charge in [-0.2, -0.15) is 5.10 Å². The van der Waals surface area contributed by atoms with Crippen LogP contribution in [0.5, 0.6) is 0 Å². The number of carbonyl (C=O) groups is 1. The van der Waals surface area contributed by atoms with E-state index in [1.54, 1.807) is 9.58 Å². The average Bonchev–Trinajstić information content (AvgIpc) is 3.10. The number of nitrogens with zero attached hydrogens (tertiary/aromatic N) is 4. The zero-order valence-corrected chi connectivity index (χ0v) is 12.5. The molecule has 1 aliphatic rings. The number of carbonyl (C=O) groups excluding carboxylic acids is 1. The first-order valence-corrected chi connectivity index (χ1v) is 7.06. The molecule has 0 bridgehead atoms. The fourth-order valence-electron chi connectivity index (χ4n) is 2.75. The van der Waals surface area contributed by atoms with Crippen molar-refractivity contribution < 1.29 is 9.32 Å². The number of anilines is 1. The van der Waals surface area contributed by atoms with Gasteiger partial charge in [0, 0.05) is 25.7 Å². The molecule has 1 aliphatic heterocycles. The molecule has 2 aromatic rings. The highest BCUT2D eigenvalue weighted by molar-refractivity contribution is 5.89. The zero-order chi connectivity index (χ0) is 15.0. The molecule has 1 N–H and O–H groups in total. The van der Waals surface area contributed by atoms with E-state index in [1.807, 2.05) is 33.0 Å². The van der Waals surface area contributed by atoms with Crippen molar-refractivity contribution in [2.45, 2.75) is 32.7 Å². The maximum atomic E-state index is 12.5. The Balaban J connectivity index is 1.75. The van der Waals surface area contributed by atoms with E-state index in [2.05, 4.69) is 15.6 Å². The summed E-state index contributed by atoms with van der Waals surface area (Å²) in [4.78, 5) is 14.3. The van der Waals surface area contributed by atoms with Gasteiger partial charge in [-0.05, 0) is 26.7 Å². The third-order valence-corrected chi connectivity index (χ3v) is 3.73. The summed E-state index contributed by atoms with van der Waals surface area (Å²) in [6.45, 7) is 4.49. The molecule has 0 radical (unpaired) electrons. The number of rotatable bonds is 2. The second-order valence-electron chi connectivity index (χ2n) is 5.45. The SMILES string of the molecule is Cc1cc([C@H]2CCCN2C(=O)Nc2cc(C)nn2C)on1. The highest BCUT2D eigenvalue weighted by atomic mass is 16.5. The first kappa shape index (κ1) is 13.7. The van der Waals surface area contributed by atoms with Crippen molar-refractivity contribution in [1.29, 1.82) is 0 Å². The van der Waals surface area contributed by atoms with E-state index in [4.69, 9.17) is 4.52 Å². The van der Waals surface area contributed by atoms with Gasteiger partial charge in [-0.25, -0.2) is 4.79 Å². The molecule has 7 nitrogen and oxygen atoms in total. The molecule has 0 spiro atoms. The van der Waals surface area contributed by atoms with Crippen molar-refractivity contribution >= 4 is 11.8 Å². The molecule has 1 saturated heterocycles. The summed E-state index contributed by atoms with van der Waals surface area (Å²) in [6, 6.07) is 3.57. The van der Waals surface area contributed by atoms with E-state index >= 15 is 0 Å². The molecule has 112 valence electrons. The van der Waals surface area contributed by atoms with Gasteiger partial charge in [0.2, 0.25) is 0 Å². The molecule has 7 heteroatoms. The number of aryl methyl sites for hydroxylation is 3. The van der Waals surface area contributed by atoms with Crippen molar-refractivity contribution in [3.63, 3.8) is 0 Å². The standard InChI is InChI=1S/C14H19N5O2/c1-9-8-13(18(3)16-9)15-14(20)19-6-4-5-11(19)12-7-10(2)17-21-12/h7-8,11H,4-6H2,1-3H3,(H,15,20)/t11-/m1/s1. The summed E-state index contributed by atoms with van der Waals surface area (Å²) in [6.07, 6.45) is 1.86. The van der Waals surface area contributed by atoms with Crippen molar-refractivity contribution in [3.05, 3.63) is 29.3 Å². The third kappa shape index (κ3) is 2.63. The molecule has 1 fully saturated rings. The van der Waals surface area contributed by atoms with Gasteiger partial charge < -0.3 is 9.42 Å². The summed E-state index contributed by atoms with van der Waals surface area (Å²) >= 11 is 0. The van der Waals surface area contributed by atoms with Gasteiger partial charge in [0.05, 0.1) is 17.4 Å². The molecule has 0 aliphatic carbocycles. The third-order valence-electron chi connectivity index (χ3n) is 3.73. The van der Waals surface area contributed by atoms with Crippen LogP contribution in [0.15, 0.2) is 16.7 Å². The highest BCUT2D eigenvalue weighted by Gasteiger charge is 2.33. The largest absolute Gasteiger partial charge is 0.359 e. The van der Waals surface area contributed by atoms with Crippen LogP contribution in [-0.2, 0) is 7.05 Å². The maximum Gasteiger partial charge on any atom is 0.323 e. The Morgan fingerprint density at radius 3 is 2.81 bits per heavy atom. The van der Waals surface area contributed by atoms with E-state index in [0.29, 0.717) is 12.4 Å². The van der Waals surface area contributed by atoms with Gasteiger partial charge in [0.25, 0.3) is 0 Å². The van der Waals surface area contributed by atoms with Gasteiger partial charge in [-0.3, -0.25) is 10.00 Å². The predicted molar refractivity (Wildman–Crippen MR) is 76.9 cm³/mol. The molecule has 1 atom stereocenters. The maximum absolute atomic E-state index is 12.5. The Hall–Kier alpha value is -2.31. The Bertz CT molecular complexity index is 660. The van der Waals surface area contributed by atoms with Crippen LogP contribution in [0.25, 0.3) is 0 Å². The molecule has 3 heterocycles. The first-order valence-electron chi connectivity index (χ1n) is 7.06. The van der Waals surface area contributed by atoms with Crippen LogP contribution >= 0.6 is 0 Å². The Kier molecular flexibility index (Phi) is 3.40. The molecule has 0 aromatic carbocycles. The number of hydrogen-bond donors (Lipinski definition) is 1. The van der Waals surface area contributed by atoms with E-state index < -0.39 is 0 Å². The van der Waals surface area contributed by atoms with Crippen LogP contribution in [0.4, 0.5) is 10.6 Å². The summed E-state index contributed by atoms with van der Waals surface area (Å²) in [5.74, 6) is 1.44. The fraction of sp³-hybridized carbons (Fsp3) is 0.500. The van der Waals surface area contributed by atoms with E-state index in [1.165, 1.54) is 0 Å². The minimum absolute atomic E-state index is 0.0412. The number of urea groups is 1. The van der Waals surface area contributed by atoms with Crippen LogP contribution in [0.1, 0.15) is 36.0 Å². The Morgan fingerprint density at radius 1 is 1.38 bits per heavy atom. The fourth-order valence-corrected chi connectivity index (χ4v) is 2.75. The first-order chi connectivity index (χ1) is 10.0. The van der Waals surface area contributed by atoms with Crippen LogP contribution in [-0.4, -0.2) is 32.4 Å². The second-order valence-corrected chi connectivity index (χ2v) is 5.45. The zero-order valence-electron chi connectivity index (χ0n) is 12.5. The van der Waals surface area contributed by atoms with E-state index in [9.17, 15) is 4.79 Å². The predicted octanol–water partition coefficient (Wildman–Crippen LogP) is 2.39. The number of hydrogen-bond acceptors (Lipinski definition) is 4. The molecule has 3 rings (SSSR count). The normalized spacial score (nSPS) is 18.2. The minimum Gasteiger partial charge on any atom is -0.359 e. The number of aromatic nitrogens is 3. The molecule has 0 unspecified atom stereocenters. The Morgan fingerprint density at radius 2 is 2.19 bits per heavy atom. The Labute approximate surface area is 122 Å². The number of nitrogens with one attached hydrogen (secondary N) is 1. The molecular formula is C14H19N5O2. The van der Waals surface area contributed by atoms with Crippen LogP contribution in [0.3, 0.4) is 0 Å². The lowest BCUT2D eigenvalue weighted by Gasteiger charge is -2.22. The summed E-state index contributed by atoms with van der Waals surface area (Å²) in [5.41, 5.74) is 1.70. The molecule has 2 amide bonds. The average molecular weight is 289 g/mol. The van der Waals surface area contributed by atoms with E-state index in [0.717, 1.165) is 30.0 Å². The smallest absolute Gasteiger partial charge is 0.323 e. The summed E-state index contributed by atoms with van der Waals surface area (Å²) in [5, 5.41) is 11.0. The molecule has 21 heavy (non-hydrogen) atoms. The highest BCUT2D eigenvalue weighted by Crippen LogP contribution is 2.32. The summed E-state index contributed by atoms with van der Waals surface area (Å²) in [7, 11) is 1.81. The van der Waals surface area contributed by atoms with Gasteiger partial charge in [-0.1, -0.05) is 5.16 Å². The van der Waals surface area contributed by atoms with E-state index in [-0.39, 0.29) is 12.1 Å². The van der Waals surface area contributed by atoms with Gasteiger partial charge >= 0.3 is 6.03 Å². The topological polar surface area (TPSA) is 76.2 Å². The van der Waals surface area contributed by atoms with Crippen LogP contribution < -0.4 is 5.32 Å². The lowest BCUT2D eigenvalue weighted by molar-refractivity contribution is 0.195. The van der Waals surface area contributed by atoms with Crippen molar-refractivity contribution in [2.24, 2.45) is 7.05 Å². The lowest BCUT2D eigenvalue weighted by atomic mass is 10.1. The van der Waals surface area contributed by atoms with Crippen molar-refractivity contribution in [2.75, 3.05) is 11.9 Å². The van der Waals surface area contributed by atoms with Crippen LogP contribution in [0.2, 0.25) is 0 Å². The van der Waals surface area contributed by atoms with Gasteiger partial charge in [0.15, 0.2) is 5.76 Å². The second kappa shape index (κ2) is 5.23.